The zero-order valence-electron chi connectivity index (χ0n) is 13.6. The van der Waals surface area contributed by atoms with Crippen LogP contribution in [0.5, 0.6) is 0 Å². The van der Waals surface area contributed by atoms with E-state index >= 15 is 0 Å². The quantitative estimate of drug-likeness (QED) is 0.537. The first kappa shape index (κ1) is 18.1. The van der Waals surface area contributed by atoms with Gasteiger partial charge in [0.15, 0.2) is 0 Å². The number of Topliss-reactive ketones (excluding diaryl/α,β-unsaturated/α-hetero) is 1. The van der Waals surface area contributed by atoms with Crippen LogP contribution in [-0.2, 0) is 9.59 Å². The molecule has 0 aliphatic heterocycles. The molecule has 112 valence electrons. The summed E-state index contributed by atoms with van der Waals surface area (Å²) in [5, 5.41) is 2.87. The van der Waals surface area contributed by atoms with Gasteiger partial charge in [-0.1, -0.05) is 59.8 Å². The molecule has 0 aromatic heterocycles. The number of ketones is 1. The largest absolute Gasteiger partial charge is 0.345 e. The van der Waals surface area contributed by atoms with Gasteiger partial charge in [0.05, 0.1) is 0 Å². The topological polar surface area (TPSA) is 46.2 Å². The Labute approximate surface area is 118 Å². The molecule has 3 heteroatoms. The summed E-state index contributed by atoms with van der Waals surface area (Å²) < 4.78 is 0. The van der Waals surface area contributed by atoms with Gasteiger partial charge >= 0.3 is 0 Å². The maximum Gasteiger partial charge on any atom is 0.288 e. The minimum Gasteiger partial charge on any atom is -0.345 e. The molecule has 0 spiro atoms. The minimum atomic E-state index is -0.610. The third kappa shape index (κ3) is 8.02. The molecule has 0 aromatic rings. The fourth-order valence-corrected chi connectivity index (χ4v) is 1.94. The van der Waals surface area contributed by atoms with Crippen LogP contribution in [0, 0.1) is 5.41 Å². The zero-order valence-corrected chi connectivity index (χ0v) is 13.6. The molecule has 0 radical (unpaired) electrons. The van der Waals surface area contributed by atoms with Crippen molar-refractivity contribution in [2.24, 2.45) is 5.41 Å². The Morgan fingerprint density at radius 3 is 1.89 bits per heavy atom. The molecule has 19 heavy (non-hydrogen) atoms. The van der Waals surface area contributed by atoms with Crippen molar-refractivity contribution in [3.05, 3.63) is 0 Å². The van der Waals surface area contributed by atoms with Crippen LogP contribution in [0.3, 0.4) is 0 Å². The summed E-state index contributed by atoms with van der Waals surface area (Å²) in [6.07, 6.45) is 6.97. The third-order valence-electron chi connectivity index (χ3n) is 3.24. The van der Waals surface area contributed by atoms with Crippen molar-refractivity contribution in [2.75, 3.05) is 0 Å². The molecule has 1 amide bonds. The third-order valence-corrected chi connectivity index (χ3v) is 3.24. The Kier molecular flexibility index (Phi) is 7.32. The molecule has 0 fully saturated rings. The molecule has 0 saturated carbocycles. The van der Waals surface area contributed by atoms with Gasteiger partial charge < -0.3 is 5.32 Å². The summed E-state index contributed by atoms with van der Waals surface area (Å²) in [4.78, 5) is 23.7. The summed E-state index contributed by atoms with van der Waals surface area (Å²) in [6, 6.07) is 0. The molecule has 0 atom stereocenters. The fourth-order valence-electron chi connectivity index (χ4n) is 1.94. The highest BCUT2D eigenvalue weighted by Crippen LogP contribution is 2.18. The highest BCUT2D eigenvalue weighted by Gasteiger charge is 2.31. The molecular weight excluding hydrogens is 238 g/mol. The molecule has 0 heterocycles. The Balaban J connectivity index is 4.14. The monoisotopic (exact) mass is 269 g/mol. The van der Waals surface area contributed by atoms with Crippen molar-refractivity contribution >= 4 is 11.7 Å². The van der Waals surface area contributed by atoms with Crippen LogP contribution >= 0.6 is 0 Å². The van der Waals surface area contributed by atoms with E-state index in [1.54, 1.807) is 20.8 Å². The van der Waals surface area contributed by atoms with E-state index in [0.29, 0.717) is 0 Å². The SMILES string of the molecule is CCCCCCCC(C)(C)NC(=O)C(=O)C(C)(C)C. The minimum absolute atomic E-state index is 0.301. The Bertz CT molecular complexity index is 300. The molecule has 0 saturated heterocycles. The summed E-state index contributed by atoms with van der Waals surface area (Å²) >= 11 is 0. The van der Waals surface area contributed by atoms with Crippen LogP contribution in [-0.4, -0.2) is 17.2 Å². The number of carbonyl (C=O) groups excluding carboxylic acids is 2. The average Bonchev–Trinajstić information content (AvgIpc) is 2.25. The van der Waals surface area contributed by atoms with Crippen LogP contribution < -0.4 is 5.32 Å². The number of unbranched alkanes of at least 4 members (excludes halogenated alkanes) is 4. The van der Waals surface area contributed by atoms with Crippen molar-refractivity contribution in [3.63, 3.8) is 0 Å². The van der Waals surface area contributed by atoms with Gasteiger partial charge in [-0.25, -0.2) is 0 Å². The number of carbonyl (C=O) groups is 2. The van der Waals surface area contributed by atoms with Gasteiger partial charge in [-0.05, 0) is 20.3 Å². The Hall–Kier alpha value is -0.860. The van der Waals surface area contributed by atoms with E-state index in [1.165, 1.54) is 25.7 Å². The van der Waals surface area contributed by atoms with Crippen molar-refractivity contribution in [1.82, 2.24) is 5.32 Å². The summed E-state index contributed by atoms with van der Waals surface area (Å²) in [5.74, 6) is -0.794. The fraction of sp³-hybridized carbons (Fsp3) is 0.875. The van der Waals surface area contributed by atoms with Gasteiger partial charge in [0.1, 0.15) is 0 Å². The molecule has 0 aromatic carbocycles. The van der Waals surface area contributed by atoms with Gasteiger partial charge in [0.2, 0.25) is 5.78 Å². The van der Waals surface area contributed by atoms with E-state index in [9.17, 15) is 9.59 Å². The lowest BCUT2D eigenvalue weighted by atomic mass is 9.89. The van der Waals surface area contributed by atoms with Crippen LogP contribution in [0.1, 0.15) is 80.1 Å². The Morgan fingerprint density at radius 2 is 1.42 bits per heavy atom. The molecular formula is C16H31NO2. The summed E-state index contributed by atoms with van der Waals surface area (Å²) in [7, 11) is 0. The summed E-state index contributed by atoms with van der Waals surface area (Å²) in [6.45, 7) is 11.5. The van der Waals surface area contributed by atoms with E-state index in [0.717, 1.165) is 12.8 Å². The number of hydrogen-bond acceptors (Lipinski definition) is 2. The molecule has 0 bridgehead atoms. The van der Waals surface area contributed by atoms with Crippen molar-refractivity contribution < 1.29 is 9.59 Å². The Morgan fingerprint density at radius 1 is 0.895 bits per heavy atom. The maximum atomic E-state index is 11.9. The zero-order chi connectivity index (χ0) is 15.1. The second-order valence-corrected chi connectivity index (χ2v) is 7.08. The van der Waals surface area contributed by atoms with Crippen molar-refractivity contribution in [1.29, 1.82) is 0 Å². The van der Waals surface area contributed by atoms with Gasteiger partial charge in [0, 0.05) is 11.0 Å². The van der Waals surface area contributed by atoms with Crippen LogP contribution in [0.4, 0.5) is 0 Å². The molecule has 0 unspecified atom stereocenters. The van der Waals surface area contributed by atoms with E-state index < -0.39 is 11.3 Å². The lowest BCUT2D eigenvalue weighted by Gasteiger charge is -2.27. The molecule has 3 nitrogen and oxygen atoms in total. The second kappa shape index (κ2) is 7.66. The number of nitrogens with one attached hydrogen (secondary N) is 1. The predicted octanol–water partition coefficient (Wildman–Crippen LogP) is 3.86. The lowest BCUT2D eigenvalue weighted by Crippen LogP contribution is -2.49. The molecule has 1 N–H and O–H groups in total. The first-order chi connectivity index (χ1) is 8.60. The van der Waals surface area contributed by atoms with Gasteiger partial charge in [-0.15, -0.1) is 0 Å². The molecule has 0 aliphatic carbocycles. The second-order valence-electron chi connectivity index (χ2n) is 7.08. The van der Waals surface area contributed by atoms with Crippen molar-refractivity contribution in [2.45, 2.75) is 85.6 Å². The van der Waals surface area contributed by atoms with Crippen LogP contribution in [0.25, 0.3) is 0 Å². The van der Waals surface area contributed by atoms with Crippen molar-refractivity contribution in [3.8, 4) is 0 Å². The number of hydrogen-bond donors (Lipinski definition) is 1. The summed E-state index contributed by atoms with van der Waals surface area (Å²) in [5.41, 5.74) is -0.911. The van der Waals surface area contributed by atoms with Gasteiger partial charge in [-0.2, -0.15) is 0 Å². The van der Waals surface area contributed by atoms with E-state index in [-0.39, 0.29) is 11.3 Å². The maximum absolute atomic E-state index is 11.9. The lowest BCUT2D eigenvalue weighted by molar-refractivity contribution is -0.143. The van der Waals surface area contributed by atoms with Gasteiger partial charge in [-0.3, -0.25) is 9.59 Å². The van der Waals surface area contributed by atoms with E-state index in [2.05, 4.69) is 12.2 Å². The normalized spacial score (nSPS) is 12.3. The standard InChI is InChI=1S/C16H31NO2/c1-7-8-9-10-11-12-16(5,6)17-14(19)13(18)15(2,3)4/h7-12H2,1-6H3,(H,17,19). The first-order valence-corrected chi connectivity index (χ1v) is 7.47. The van der Waals surface area contributed by atoms with E-state index in [4.69, 9.17) is 0 Å². The van der Waals surface area contributed by atoms with E-state index in [1.807, 2.05) is 13.8 Å². The van der Waals surface area contributed by atoms with Crippen LogP contribution in [0.2, 0.25) is 0 Å². The molecule has 0 rings (SSSR count). The van der Waals surface area contributed by atoms with Crippen LogP contribution in [0.15, 0.2) is 0 Å². The first-order valence-electron chi connectivity index (χ1n) is 7.47. The molecule has 0 aliphatic rings. The predicted molar refractivity (Wildman–Crippen MR) is 80.1 cm³/mol. The highest BCUT2D eigenvalue weighted by molar-refractivity contribution is 6.38. The average molecular weight is 269 g/mol. The number of amides is 1. The highest BCUT2D eigenvalue weighted by atomic mass is 16.2. The van der Waals surface area contributed by atoms with Gasteiger partial charge in [0.25, 0.3) is 5.91 Å². The number of rotatable bonds is 8. The smallest absolute Gasteiger partial charge is 0.288 e.